The van der Waals surface area contributed by atoms with Gasteiger partial charge in [-0.1, -0.05) is 6.58 Å². The SMILES string of the molecule is C=CN=C[C@H]1COC(C)(C)O1. The van der Waals surface area contributed by atoms with E-state index in [1.807, 2.05) is 13.8 Å². The second kappa shape index (κ2) is 3.15. The zero-order valence-electron chi connectivity index (χ0n) is 6.91. The van der Waals surface area contributed by atoms with Crippen LogP contribution in [0.5, 0.6) is 0 Å². The zero-order valence-corrected chi connectivity index (χ0v) is 6.91. The van der Waals surface area contributed by atoms with E-state index in [-0.39, 0.29) is 6.10 Å². The Hall–Kier alpha value is -0.670. The molecule has 62 valence electrons. The lowest BCUT2D eigenvalue weighted by molar-refractivity contribution is -0.130. The summed E-state index contributed by atoms with van der Waals surface area (Å²) in [5.41, 5.74) is 0. The van der Waals surface area contributed by atoms with Crippen LogP contribution in [0.4, 0.5) is 0 Å². The van der Waals surface area contributed by atoms with E-state index in [1.165, 1.54) is 6.20 Å². The van der Waals surface area contributed by atoms with Crippen molar-refractivity contribution in [2.75, 3.05) is 6.61 Å². The monoisotopic (exact) mass is 155 g/mol. The van der Waals surface area contributed by atoms with Gasteiger partial charge in [0, 0.05) is 12.4 Å². The predicted octanol–water partition coefficient (Wildman–Crippen LogP) is 1.35. The molecular formula is C8H13NO2. The number of aliphatic imine (C=N–C) groups is 1. The molecule has 0 unspecified atom stereocenters. The molecule has 0 aromatic carbocycles. The molecule has 0 spiro atoms. The molecule has 1 aliphatic rings. The van der Waals surface area contributed by atoms with E-state index in [9.17, 15) is 0 Å². The summed E-state index contributed by atoms with van der Waals surface area (Å²) in [7, 11) is 0. The summed E-state index contributed by atoms with van der Waals surface area (Å²) in [6.07, 6.45) is 3.15. The fraction of sp³-hybridized carbons (Fsp3) is 0.625. The van der Waals surface area contributed by atoms with E-state index in [0.717, 1.165) is 0 Å². The highest BCUT2D eigenvalue weighted by molar-refractivity contribution is 5.64. The lowest BCUT2D eigenvalue weighted by Crippen LogP contribution is -2.21. The first-order valence-corrected chi connectivity index (χ1v) is 3.60. The number of nitrogens with zero attached hydrogens (tertiary/aromatic N) is 1. The van der Waals surface area contributed by atoms with Gasteiger partial charge in [0.2, 0.25) is 0 Å². The Bertz CT molecular complexity index is 175. The lowest BCUT2D eigenvalue weighted by Gasteiger charge is -2.15. The minimum absolute atomic E-state index is 0.0250. The van der Waals surface area contributed by atoms with E-state index in [4.69, 9.17) is 9.47 Å². The topological polar surface area (TPSA) is 30.8 Å². The van der Waals surface area contributed by atoms with Gasteiger partial charge in [0.1, 0.15) is 6.10 Å². The van der Waals surface area contributed by atoms with Crippen molar-refractivity contribution < 1.29 is 9.47 Å². The third-order valence-electron chi connectivity index (χ3n) is 1.39. The second-order valence-electron chi connectivity index (χ2n) is 2.85. The Kier molecular flexibility index (Phi) is 2.42. The van der Waals surface area contributed by atoms with E-state index in [1.54, 1.807) is 6.21 Å². The predicted molar refractivity (Wildman–Crippen MR) is 43.6 cm³/mol. The van der Waals surface area contributed by atoms with Crippen LogP contribution in [0.3, 0.4) is 0 Å². The van der Waals surface area contributed by atoms with Crippen molar-refractivity contribution in [2.45, 2.75) is 25.7 Å². The quantitative estimate of drug-likeness (QED) is 0.563. The maximum atomic E-state index is 5.43. The van der Waals surface area contributed by atoms with Crippen LogP contribution in [0.25, 0.3) is 0 Å². The molecule has 1 heterocycles. The third-order valence-corrected chi connectivity index (χ3v) is 1.39. The van der Waals surface area contributed by atoms with Crippen molar-refractivity contribution in [3.63, 3.8) is 0 Å². The largest absolute Gasteiger partial charge is 0.347 e. The maximum Gasteiger partial charge on any atom is 0.163 e. The van der Waals surface area contributed by atoms with Crippen LogP contribution < -0.4 is 0 Å². The molecule has 0 aromatic rings. The third kappa shape index (κ3) is 2.44. The summed E-state index contributed by atoms with van der Waals surface area (Å²) in [6, 6.07) is 0. The molecule has 0 radical (unpaired) electrons. The van der Waals surface area contributed by atoms with Gasteiger partial charge in [-0.05, 0) is 13.8 Å². The van der Waals surface area contributed by atoms with Crippen LogP contribution in [0.2, 0.25) is 0 Å². The molecule has 0 bridgehead atoms. The van der Waals surface area contributed by atoms with E-state index in [2.05, 4.69) is 11.6 Å². The average Bonchev–Trinajstić information content (AvgIpc) is 2.26. The van der Waals surface area contributed by atoms with Gasteiger partial charge in [-0.15, -0.1) is 0 Å². The first-order valence-electron chi connectivity index (χ1n) is 3.60. The van der Waals surface area contributed by atoms with E-state index >= 15 is 0 Å². The fourth-order valence-electron chi connectivity index (χ4n) is 0.946. The summed E-state index contributed by atoms with van der Waals surface area (Å²) in [4.78, 5) is 3.85. The summed E-state index contributed by atoms with van der Waals surface area (Å²) in [6.45, 7) is 7.80. The van der Waals surface area contributed by atoms with Gasteiger partial charge in [0.05, 0.1) is 6.61 Å². The first-order chi connectivity index (χ1) is 5.14. The van der Waals surface area contributed by atoms with Gasteiger partial charge in [0.25, 0.3) is 0 Å². The Balaban J connectivity index is 2.42. The molecule has 0 aliphatic carbocycles. The van der Waals surface area contributed by atoms with E-state index in [0.29, 0.717) is 6.61 Å². The molecule has 0 amide bonds. The lowest BCUT2D eigenvalue weighted by atomic mass is 10.4. The van der Waals surface area contributed by atoms with Gasteiger partial charge < -0.3 is 9.47 Å². The molecule has 0 aromatic heterocycles. The highest BCUT2D eigenvalue weighted by Gasteiger charge is 2.31. The first kappa shape index (κ1) is 8.43. The van der Waals surface area contributed by atoms with Crippen molar-refractivity contribution in [1.29, 1.82) is 0 Å². The summed E-state index contributed by atoms with van der Waals surface area (Å²) < 4.78 is 10.7. The smallest absolute Gasteiger partial charge is 0.163 e. The van der Waals surface area contributed by atoms with Crippen molar-refractivity contribution in [3.8, 4) is 0 Å². The van der Waals surface area contributed by atoms with Gasteiger partial charge in [-0.2, -0.15) is 0 Å². The van der Waals surface area contributed by atoms with Crippen molar-refractivity contribution in [3.05, 3.63) is 12.8 Å². The van der Waals surface area contributed by atoms with Crippen molar-refractivity contribution in [2.24, 2.45) is 4.99 Å². The number of rotatable bonds is 2. The molecule has 3 nitrogen and oxygen atoms in total. The highest BCUT2D eigenvalue weighted by Crippen LogP contribution is 2.20. The van der Waals surface area contributed by atoms with Crippen LogP contribution in [0.15, 0.2) is 17.8 Å². The van der Waals surface area contributed by atoms with Crippen LogP contribution in [0.1, 0.15) is 13.8 Å². The molecule has 1 aliphatic heterocycles. The maximum absolute atomic E-state index is 5.43. The molecule has 1 saturated heterocycles. The Morgan fingerprint density at radius 2 is 2.36 bits per heavy atom. The molecule has 1 fully saturated rings. The zero-order chi connectivity index (χ0) is 8.32. The minimum Gasteiger partial charge on any atom is -0.347 e. The standard InChI is InChI=1S/C8H13NO2/c1-4-9-5-7-6-10-8(2,3)11-7/h4-5,7H,1,6H2,2-3H3/t7-/m0/s1. The average molecular weight is 155 g/mol. The van der Waals surface area contributed by atoms with Crippen LogP contribution in [-0.4, -0.2) is 24.7 Å². The van der Waals surface area contributed by atoms with Gasteiger partial charge in [-0.3, -0.25) is 4.99 Å². The van der Waals surface area contributed by atoms with Crippen LogP contribution in [0, 0.1) is 0 Å². The molecule has 1 rings (SSSR count). The number of ether oxygens (including phenoxy) is 2. The fourth-order valence-corrected chi connectivity index (χ4v) is 0.946. The molecular weight excluding hydrogens is 142 g/mol. The van der Waals surface area contributed by atoms with E-state index < -0.39 is 5.79 Å². The Labute approximate surface area is 66.7 Å². The normalized spacial score (nSPS) is 29.5. The molecule has 1 atom stereocenters. The van der Waals surface area contributed by atoms with Crippen LogP contribution in [-0.2, 0) is 9.47 Å². The van der Waals surface area contributed by atoms with Crippen molar-refractivity contribution >= 4 is 6.21 Å². The minimum atomic E-state index is -0.460. The summed E-state index contributed by atoms with van der Waals surface area (Å²) in [5.74, 6) is -0.460. The molecule has 11 heavy (non-hydrogen) atoms. The Morgan fingerprint density at radius 3 is 2.82 bits per heavy atom. The molecule has 0 saturated carbocycles. The van der Waals surface area contributed by atoms with Gasteiger partial charge in [0.15, 0.2) is 5.79 Å². The second-order valence-corrected chi connectivity index (χ2v) is 2.85. The van der Waals surface area contributed by atoms with Gasteiger partial charge >= 0.3 is 0 Å². The van der Waals surface area contributed by atoms with Crippen LogP contribution >= 0.6 is 0 Å². The van der Waals surface area contributed by atoms with Crippen molar-refractivity contribution in [1.82, 2.24) is 0 Å². The Morgan fingerprint density at radius 1 is 1.64 bits per heavy atom. The summed E-state index contributed by atoms with van der Waals surface area (Å²) >= 11 is 0. The number of hydrogen-bond acceptors (Lipinski definition) is 3. The highest BCUT2D eigenvalue weighted by atomic mass is 16.7. The number of hydrogen-bond donors (Lipinski definition) is 0. The van der Waals surface area contributed by atoms with Gasteiger partial charge in [-0.25, -0.2) is 0 Å². The summed E-state index contributed by atoms with van der Waals surface area (Å²) in [5, 5.41) is 0. The molecule has 3 heteroatoms. The molecule has 0 N–H and O–H groups in total.